The summed E-state index contributed by atoms with van der Waals surface area (Å²) in [6, 6.07) is 0. The Kier molecular flexibility index (Phi) is 11.9. The monoisotopic (exact) mass is 406 g/mol. The van der Waals surface area contributed by atoms with Crippen molar-refractivity contribution in [3.05, 3.63) is 34.9 Å². The summed E-state index contributed by atoms with van der Waals surface area (Å²) in [4.78, 5) is 28.0. The van der Waals surface area contributed by atoms with Gasteiger partial charge in [0, 0.05) is 6.66 Å². The van der Waals surface area contributed by atoms with Crippen LogP contribution in [0.3, 0.4) is 0 Å². The maximum absolute atomic E-state index is 11.6. The van der Waals surface area contributed by atoms with E-state index in [1.807, 2.05) is 6.92 Å². The molecule has 0 aliphatic carbocycles. The van der Waals surface area contributed by atoms with Crippen LogP contribution in [-0.4, -0.2) is 26.7 Å². The first kappa shape index (κ1) is 25.6. The second kappa shape index (κ2) is 12.1. The van der Waals surface area contributed by atoms with Crippen molar-refractivity contribution in [1.29, 1.82) is 0 Å². The Balaban J connectivity index is 4.28. The third-order valence-electron chi connectivity index (χ3n) is 4.22. The van der Waals surface area contributed by atoms with Gasteiger partial charge in [0.1, 0.15) is 5.40 Å². The standard InChI is InChI=1S/C19H36O5P2/c1-16(2)10-8-12-18(4)14-9-13-17(3)11-6-7-15-19(25(5,20)21)26(22,23)24/h10-11,14,19H,6-9,12-13,15H2,1-5H3,(H,20,21)(H2,22,23,24)/b17-11+,18-14+. The fourth-order valence-corrected chi connectivity index (χ4v) is 6.09. The van der Waals surface area contributed by atoms with Gasteiger partial charge in [-0.3, -0.25) is 9.13 Å². The van der Waals surface area contributed by atoms with E-state index < -0.39 is 20.4 Å². The van der Waals surface area contributed by atoms with E-state index in [2.05, 4.69) is 39.0 Å². The fourth-order valence-electron chi connectivity index (χ4n) is 2.67. The molecule has 0 fully saturated rings. The number of hydrogen-bond acceptors (Lipinski definition) is 2. The van der Waals surface area contributed by atoms with Gasteiger partial charge in [-0.25, -0.2) is 0 Å². The lowest BCUT2D eigenvalue weighted by Crippen LogP contribution is -2.08. The molecule has 0 radical (unpaired) electrons. The van der Waals surface area contributed by atoms with Crippen molar-refractivity contribution in [2.24, 2.45) is 0 Å². The second-order valence-corrected chi connectivity index (χ2v) is 12.1. The Labute approximate surface area is 158 Å². The average Bonchev–Trinajstić information content (AvgIpc) is 2.43. The lowest BCUT2D eigenvalue weighted by atomic mass is 10.1. The molecular weight excluding hydrogens is 370 g/mol. The molecule has 0 bridgehead atoms. The van der Waals surface area contributed by atoms with Crippen LogP contribution in [0.15, 0.2) is 34.9 Å². The summed E-state index contributed by atoms with van der Waals surface area (Å²) in [5.41, 5.74) is 3.97. The third-order valence-corrected chi connectivity index (χ3v) is 8.81. The van der Waals surface area contributed by atoms with Gasteiger partial charge in [0.05, 0.1) is 0 Å². The molecule has 152 valence electrons. The second-order valence-electron chi connectivity index (χ2n) is 7.40. The lowest BCUT2D eigenvalue weighted by Gasteiger charge is -2.20. The molecule has 0 saturated heterocycles. The SMILES string of the molecule is CC(C)=CCC/C(C)=C/CC/C(C)=C/CCCC(P(C)(=O)O)P(=O)(O)O. The quantitative estimate of drug-likeness (QED) is 0.210. The van der Waals surface area contributed by atoms with E-state index in [9.17, 15) is 23.8 Å². The molecular formula is C19H36O5P2. The minimum atomic E-state index is -4.55. The Morgan fingerprint density at radius 1 is 0.846 bits per heavy atom. The smallest absolute Gasteiger partial charge is 0.338 e. The molecule has 0 saturated carbocycles. The van der Waals surface area contributed by atoms with Gasteiger partial charge in [-0.1, -0.05) is 34.9 Å². The van der Waals surface area contributed by atoms with Crippen LogP contribution in [0.4, 0.5) is 0 Å². The van der Waals surface area contributed by atoms with E-state index in [-0.39, 0.29) is 6.42 Å². The van der Waals surface area contributed by atoms with Crippen molar-refractivity contribution in [1.82, 2.24) is 0 Å². The third kappa shape index (κ3) is 12.8. The molecule has 26 heavy (non-hydrogen) atoms. The van der Waals surface area contributed by atoms with Crippen molar-refractivity contribution in [2.45, 2.75) is 78.0 Å². The number of unbranched alkanes of at least 4 members (excludes halogenated alkanes) is 1. The van der Waals surface area contributed by atoms with Gasteiger partial charge in [-0.05, 0) is 72.6 Å². The Morgan fingerprint density at radius 3 is 1.73 bits per heavy atom. The van der Waals surface area contributed by atoms with Crippen molar-refractivity contribution in [3.8, 4) is 0 Å². The average molecular weight is 406 g/mol. The van der Waals surface area contributed by atoms with Crippen LogP contribution >= 0.6 is 15.0 Å². The van der Waals surface area contributed by atoms with E-state index in [4.69, 9.17) is 0 Å². The highest BCUT2D eigenvalue weighted by molar-refractivity contribution is 7.73. The molecule has 0 aliphatic rings. The molecule has 5 nitrogen and oxygen atoms in total. The predicted octanol–water partition coefficient (Wildman–Crippen LogP) is 5.98. The highest BCUT2D eigenvalue weighted by Gasteiger charge is 2.39. The Hall–Kier alpha value is -0.440. The van der Waals surface area contributed by atoms with Crippen molar-refractivity contribution in [3.63, 3.8) is 0 Å². The number of allylic oxidation sites excluding steroid dienone is 6. The Morgan fingerprint density at radius 2 is 1.31 bits per heavy atom. The molecule has 0 heterocycles. The molecule has 7 heteroatoms. The summed E-state index contributed by atoms with van der Waals surface area (Å²) < 4.78 is 23.0. The van der Waals surface area contributed by atoms with E-state index in [0.717, 1.165) is 32.3 Å². The van der Waals surface area contributed by atoms with Gasteiger partial charge < -0.3 is 14.7 Å². The summed E-state index contributed by atoms with van der Waals surface area (Å²) in [6.07, 6.45) is 11.9. The van der Waals surface area contributed by atoms with E-state index in [1.165, 1.54) is 16.7 Å². The summed E-state index contributed by atoms with van der Waals surface area (Å²) in [6.45, 7) is 9.43. The van der Waals surface area contributed by atoms with Crippen LogP contribution in [0.5, 0.6) is 0 Å². The maximum atomic E-state index is 11.6. The van der Waals surface area contributed by atoms with Crippen molar-refractivity contribution < 1.29 is 23.8 Å². The van der Waals surface area contributed by atoms with Gasteiger partial charge in [0.15, 0.2) is 0 Å². The predicted molar refractivity (Wildman–Crippen MR) is 111 cm³/mol. The zero-order valence-electron chi connectivity index (χ0n) is 16.8. The van der Waals surface area contributed by atoms with E-state index >= 15 is 0 Å². The molecule has 0 rings (SSSR count). The van der Waals surface area contributed by atoms with Crippen LogP contribution in [0, 0.1) is 0 Å². The van der Waals surface area contributed by atoms with Gasteiger partial charge in [0.2, 0.25) is 7.37 Å². The normalized spacial score (nSPS) is 16.9. The molecule has 0 amide bonds. The molecule has 3 N–H and O–H groups in total. The van der Waals surface area contributed by atoms with Crippen LogP contribution in [0.1, 0.15) is 72.6 Å². The van der Waals surface area contributed by atoms with Crippen molar-refractivity contribution >= 4 is 15.0 Å². The largest absolute Gasteiger partial charge is 0.344 e. The van der Waals surface area contributed by atoms with Crippen LogP contribution in [0.25, 0.3) is 0 Å². The highest BCUT2D eigenvalue weighted by atomic mass is 31.2. The molecule has 0 aromatic rings. The zero-order valence-corrected chi connectivity index (χ0v) is 18.6. The lowest BCUT2D eigenvalue weighted by molar-refractivity contribution is 0.360. The fraction of sp³-hybridized carbons (Fsp3) is 0.684. The van der Waals surface area contributed by atoms with Crippen molar-refractivity contribution in [2.75, 3.05) is 6.66 Å². The first-order valence-electron chi connectivity index (χ1n) is 9.13. The Bertz CT molecular complexity index is 581. The summed E-state index contributed by atoms with van der Waals surface area (Å²) >= 11 is 0. The van der Waals surface area contributed by atoms with E-state index in [0.29, 0.717) is 12.8 Å². The minimum absolute atomic E-state index is 0.0573. The number of hydrogen-bond donors (Lipinski definition) is 3. The number of rotatable bonds is 12. The molecule has 0 aliphatic heterocycles. The minimum Gasteiger partial charge on any atom is -0.344 e. The van der Waals surface area contributed by atoms with Crippen LogP contribution in [-0.2, 0) is 9.13 Å². The summed E-state index contributed by atoms with van der Waals surface area (Å²) in [7, 11) is -8.35. The van der Waals surface area contributed by atoms with Crippen LogP contribution in [0.2, 0.25) is 0 Å². The van der Waals surface area contributed by atoms with Crippen LogP contribution < -0.4 is 0 Å². The van der Waals surface area contributed by atoms with Gasteiger partial charge in [-0.15, -0.1) is 0 Å². The topological polar surface area (TPSA) is 94.8 Å². The van der Waals surface area contributed by atoms with Gasteiger partial charge >= 0.3 is 7.60 Å². The summed E-state index contributed by atoms with van der Waals surface area (Å²) in [5, 5.41) is -1.45. The molecule has 2 unspecified atom stereocenters. The van der Waals surface area contributed by atoms with E-state index in [1.54, 1.807) is 0 Å². The zero-order chi connectivity index (χ0) is 20.4. The molecule has 2 atom stereocenters. The first-order valence-corrected chi connectivity index (χ1v) is 13.0. The van der Waals surface area contributed by atoms with Gasteiger partial charge in [-0.2, -0.15) is 0 Å². The maximum Gasteiger partial charge on any atom is 0.338 e. The highest BCUT2D eigenvalue weighted by Crippen LogP contribution is 2.61. The van der Waals surface area contributed by atoms with Gasteiger partial charge in [0.25, 0.3) is 0 Å². The molecule has 0 aromatic heterocycles. The summed E-state index contributed by atoms with van der Waals surface area (Å²) in [5.74, 6) is 0. The first-order chi connectivity index (χ1) is 11.8. The molecule has 0 spiro atoms. The molecule has 0 aromatic carbocycles.